The molecule has 1 aromatic rings. The number of nitrogens with one attached hydrogen (secondary N) is 1. The molecule has 0 saturated carbocycles. The number of rotatable bonds is 5. The van der Waals surface area contributed by atoms with E-state index in [2.05, 4.69) is 17.4 Å². The van der Waals surface area contributed by atoms with E-state index in [0.717, 1.165) is 18.0 Å². The number of ether oxygens (including phenoxy) is 2. The molecule has 1 N–H and O–H groups in total. The van der Waals surface area contributed by atoms with Crippen molar-refractivity contribution in [2.45, 2.75) is 26.3 Å². The van der Waals surface area contributed by atoms with Gasteiger partial charge in [-0.3, -0.25) is 0 Å². The molecule has 1 atom stereocenters. The maximum atomic E-state index is 5.60. The molecule has 0 aliphatic carbocycles. The third kappa shape index (κ3) is 2.30. The van der Waals surface area contributed by atoms with Gasteiger partial charge in [-0.05, 0) is 44.5 Å². The van der Waals surface area contributed by atoms with Gasteiger partial charge in [-0.2, -0.15) is 0 Å². The van der Waals surface area contributed by atoms with E-state index in [1.54, 1.807) is 0 Å². The van der Waals surface area contributed by atoms with Crippen LogP contribution >= 0.6 is 0 Å². The van der Waals surface area contributed by atoms with Crippen LogP contribution in [0.2, 0.25) is 0 Å². The second-order valence-electron chi connectivity index (χ2n) is 3.87. The van der Waals surface area contributed by atoms with Crippen LogP contribution in [-0.4, -0.2) is 19.8 Å². The largest absolute Gasteiger partial charge is 0.490 e. The van der Waals surface area contributed by atoms with Gasteiger partial charge in [0.1, 0.15) is 0 Å². The van der Waals surface area contributed by atoms with E-state index < -0.39 is 0 Å². The van der Waals surface area contributed by atoms with Crippen LogP contribution in [0.15, 0.2) is 18.2 Å². The Kier molecular flexibility index (Phi) is 3.67. The lowest BCUT2D eigenvalue weighted by Crippen LogP contribution is -2.34. The summed E-state index contributed by atoms with van der Waals surface area (Å²) in [7, 11) is 0. The molecule has 1 aliphatic rings. The zero-order valence-corrected chi connectivity index (χ0v) is 9.95. The molecule has 0 aromatic heterocycles. The SMILES string of the molecule is CCOc1ccc(C2CCN2)cc1OCC. The molecule has 0 radical (unpaired) electrons. The first-order valence-corrected chi connectivity index (χ1v) is 5.98. The van der Waals surface area contributed by atoms with Crippen LogP contribution < -0.4 is 14.8 Å². The molecular weight excluding hydrogens is 202 g/mol. The summed E-state index contributed by atoms with van der Waals surface area (Å²) in [4.78, 5) is 0. The Labute approximate surface area is 96.8 Å². The number of benzene rings is 1. The van der Waals surface area contributed by atoms with Crippen molar-refractivity contribution in [2.24, 2.45) is 0 Å². The van der Waals surface area contributed by atoms with Crippen molar-refractivity contribution in [3.05, 3.63) is 23.8 Å². The van der Waals surface area contributed by atoms with E-state index >= 15 is 0 Å². The number of hydrogen-bond donors (Lipinski definition) is 1. The van der Waals surface area contributed by atoms with E-state index in [0.29, 0.717) is 19.3 Å². The van der Waals surface area contributed by atoms with Gasteiger partial charge >= 0.3 is 0 Å². The summed E-state index contributed by atoms with van der Waals surface area (Å²) < 4.78 is 11.1. The van der Waals surface area contributed by atoms with Crippen LogP contribution in [0.3, 0.4) is 0 Å². The summed E-state index contributed by atoms with van der Waals surface area (Å²) in [6.45, 7) is 6.42. The van der Waals surface area contributed by atoms with Gasteiger partial charge in [-0.15, -0.1) is 0 Å². The molecule has 1 fully saturated rings. The van der Waals surface area contributed by atoms with E-state index in [-0.39, 0.29) is 0 Å². The van der Waals surface area contributed by atoms with Crippen molar-refractivity contribution in [1.82, 2.24) is 5.32 Å². The lowest BCUT2D eigenvalue weighted by atomic mass is 9.98. The fourth-order valence-corrected chi connectivity index (χ4v) is 1.86. The van der Waals surface area contributed by atoms with E-state index in [1.165, 1.54) is 12.0 Å². The maximum absolute atomic E-state index is 5.60. The summed E-state index contributed by atoms with van der Waals surface area (Å²) in [6.07, 6.45) is 1.21. The minimum atomic E-state index is 0.495. The van der Waals surface area contributed by atoms with Crippen LogP contribution in [0.4, 0.5) is 0 Å². The monoisotopic (exact) mass is 221 g/mol. The second kappa shape index (κ2) is 5.21. The maximum Gasteiger partial charge on any atom is 0.161 e. The Balaban J connectivity index is 2.19. The highest BCUT2D eigenvalue weighted by atomic mass is 16.5. The van der Waals surface area contributed by atoms with Crippen LogP contribution in [0.1, 0.15) is 31.9 Å². The van der Waals surface area contributed by atoms with Crippen LogP contribution in [0, 0.1) is 0 Å². The number of hydrogen-bond acceptors (Lipinski definition) is 3. The highest BCUT2D eigenvalue weighted by Crippen LogP contribution is 2.33. The van der Waals surface area contributed by atoms with Gasteiger partial charge in [0.15, 0.2) is 11.5 Å². The molecule has 3 heteroatoms. The Morgan fingerprint density at radius 1 is 1.19 bits per heavy atom. The van der Waals surface area contributed by atoms with Gasteiger partial charge in [-0.1, -0.05) is 6.07 Å². The van der Waals surface area contributed by atoms with Gasteiger partial charge in [0.2, 0.25) is 0 Å². The average Bonchev–Trinajstić information content (AvgIpc) is 2.20. The summed E-state index contributed by atoms with van der Waals surface area (Å²) in [5.74, 6) is 1.70. The van der Waals surface area contributed by atoms with Crippen LogP contribution in [0.25, 0.3) is 0 Å². The zero-order valence-electron chi connectivity index (χ0n) is 9.95. The predicted molar refractivity (Wildman–Crippen MR) is 64.1 cm³/mol. The molecule has 0 bridgehead atoms. The minimum absolute atomic E-state index is 0.495. The molecule has 88 valence electrons. The molecule has 1 unspecified atom stereocenters. The Bertz CT molecular complexity index is 348. The molecule has 0 amide bonds. The third-order valence-electron chi connectivity index (χ3n) is 2.79. The Morgan fingerprint density at radius 3 is 2.44 bits per heavy atom. The van der Waals surface area contributed by atoms with Crippen molar-refractivity contribution >= 4 is 0 Å². The molecule has 16 heavy (non-hydrogen) atoms. The topological polar surface area (TPSA) is 30.5 Å². The van der Waals surface area contributed by atoms with Crippen molar-refractivity contribution in [2.75, 3.05) is 19.8 Å². The van der Waals surface area contributed by atoms with Crippen molar-refractivity contribution in [3.63, 3.8) is 0 Å². The zero-order chi connectivity index (χ0) is 11.4. The lowest BCUT2D eigenvalue weighted by Gasteiger charge is -2.28. The van der Waals surface area contributed by atoms with E-state index in [1.807, 2.05) is 19.9 Å². The molecular formula is C13H19NO2. The first-order valence-electron chi connectivity index (χ1n) is 5.98. The highest BCUT2D eigenvalue weighted by Gasteiger charge is 2.19. The van der Waals surface area contributed by atoms with Gasteiger partial charge in [-0.25, -0.2) is 0 Å². The summed E-state index contributed by atoms with van der Waals surface area (Å²) >= 11 is 0. The molecule has 1 aliphatic heterocycles. The predicted octanol–water partition coefficient (Wildman–Crippen LogP) is 2.52. The van der Waals surface area contributed by atoms with Crippen LogP contribution in [-0.2, 0) is 0 Å². The summed E-state index contributed by atoms with van der Waals surface area (Å²) in [5.41, 5.74) is 1.29. The Morgan fingerprint density at radius 2 is 1.88 bits per heavy atom. The average molecular weight is 221 g/mol. The molecule has 1 aromatic carbocycles. The van der Waals surface area contributed by atoms with Gasteiger partial charge in [0, 0.05) is 6.04 Å². The van der Waals surface area contributed by atoms with Gasteiger partial charge in [0.25, 0.3) is 0 Å². The first-order chi connectivity index (χ1) is 7.85. The molecule has 3 nitrogen and oxygen atoms in total. The highest BCUT2D eigenvalue weighted by molar-refractivity contribution is 5.44. The molecule has 0 spiro atoms. The second-order valence-corrected chi connectivity index (χ2v) is 3.87. The van der Waals surface area contributed by atoms with Crippen molar-refractivity contribution < 1.29 is 9.47 Å². The van der Waals surface area contributed by atoms with E-state index in [9.17, 15) is 0 Å². The summed E-state index contributed by atoms with van der Waals surface area (Å²) in [6, 6.07) is 6.70. The normalized spacial score (nSPS) is 19.0. The van der Waals surface area contributed by atoms with E-state index in [4.69, 9.17) is 9.47 Å². The quantitative estimate of drug-likeness (QED) is 0.828. The molecule has 1 saturated heterocycles. The lowest BCUT2D eigenvalue weighted by molar-refractivity contribution is 0.286. The minimum Gasteiger partial charge on any atom is -0.490 e. The smallest absolute Gasteiger partial charge is 0.161 e. The molecule has 1 heterocycles. The summed E-state index contributed by atoms with van der Waals surface area (Å²) in [5, 5.41) is 3.39. The third-order valence-corrected chi connectivity index (χ3v) is 2.79. The van der Waals surface area contributed by atoms with Crippen LogP contribution in [0.5, 0.6) is 11.5 Å². The standard InChI is InChI=1S/C13H19NO2/c1-3-15-12-6-5-10(11-7-8-14-11)9-13(12)16-4-2/h5-6,9,11,14H,3-4,7-8H2,1-2H3. The van der Waals surface area contributed by atoms with Crippen molar-refractivity contribution in [1.29, 1.82) is 0 Å². The van der Waals surface area contributed by atoms with Crippen molar-refractivity contribution in [3.8, 4) is 11.5 Å². The van der Waals surface area contributed by atoms with Gasteiger partial charge in [0.05, 0.1) is 13.2 Å². The Hall–Kier alpha value is -1.22. The first kappa shape index (κ1) is 11.3. The fourth-order valence-electron chi connectivity index (χ4n) is 1.86. The van der Waals surface area contributed by atoms with Gasteiger partial charge < -0.3 is 14.8 Å². The molecule has 2 rings (SSSR count). The fraction of sp³-hybridized carbons (Fsp3) is 0.538.